The van der Waals surface area contributed by atoms with E-state index in [1.54, 1.807) is 12.1 Å². The first-order chi connectivity index (χ1) is 9.58. The monoisotopic (exact) mass is 277 g/mol. The fourth-order valence-electron chi connectivity index (χ4n) is 2.20. The minimum atomic E-state index is -2.72. The molecule has 0 aliphatic heterocycles. The van der Waals surface area contributed by atoms with Gasteiger partial charge in [0.1, 0.15) is 0 Å². The van der Waals surface area contributed by atoms with Crippen LogP contribution in [-0.2, 0) is 4.79 Å². The minimum Gasteiger partial charge on any atom is -0.478 e. The Labute approximate surface area is 111 Å². The van der Waals surface area contributed by atoms with Gasteiger partial charge in [0.15, 0.2) is 5.65 Å². The van der Waals surface area contributed by atoms with Crippen LogP contribution in [0.15, 0.2) is 41.7 Å². The van der Waals surface area contributed by atoms with Crippen LogP contribution in [0.5, 0.6) is 0 Å². The largest absolute Gasteiger partial charge is 0.478 e. The zero-order chi connectivity index (χ0) is 14.3. The lowest BCUT2D eigenvalue weighted by Gasteiger charge is -2.05. The van der Waals surface area contributed by atoms with E-state index in [0.29, 0.717) is 11.3 Å². The maximum absolute atomic E-state index is 13.1. The van der Waals surface area contributed by atoms with Gasteiger partial charge in [-0.2, -0.15) is 5.10 Å². The van der Waals surface area contributed by atoms with E-state index >= 15 is 0 Å². The van der Waals surface area contributed by atoms with Crippen LogP contribution in [0.3, 0.4) is 0 Å². The topological polar surface area (TPSA) is 67.5 Å². The number of hydrogen-bond acceptors (Lipinski definition) is 3. The van der Waals surface area contributed by atoms with E-state index in [1.807, 2.05) is 0 Å². The summed E-state index contributed by atoms with van der Waals surface area (Å²) in [6.07, 6.45) is 1.22. The Bertz CT molecular complexity index is 762. The predicted molar refractivity (Wildman–Crippen MR) is 66.2 cm³/mol. The number of aliphatic carboxylic acids is 1. The maximum atomic E-state index is 13.1. The molecule has 2 heterocycles. The molecule has 7 heteroatoms. The predicted octanol–water partition coefficient (Wildman–Crippen LogP) is 2.16. The third kappa shape index (κ3) is 1.87. The van der Waals surface area contributed by atoms with Gasteiger partial charge < -0.3 is 5.11 Å². The summed E-state index contributed by atoms with van der Waals surface area (Å²) in [5.41, 5.74) is 0.799. The van der Waals surface area contributed by atoms with Gasteiger partial charge in [-0.3, -0.25) is 0 Å². The Kier molecular flexibility index (Phi) is 2.81. The second-order valence-electron chi connectivity index (χ2n) is 4.33. The van der Waals surface area contributed by atoms with Crippen LogP contribution in [0.1, 0.15) is 12.1 Å². The number of carboxylic acid groups (broad SMARTS) is 1. The van der Waals surface area contributed by atoms with Crippen molar-refractivity contribution in [3.8, 4) is 0 Å². The number of imidazole rings is 1. The van der Waals surface area contributed by atoms with E-state index < -0.39 is 12.4 Å². The zero-order valence-electron chi connectivity index (χ0n) is 10.1. The Hall–Kier alpha value is -2.57. The number of allylic oxidation sites excluding steroid dienone is 3. The van der Waals surface area contributed by atoms with Gasteiger partial charge in [0.05, 0.1) is 11.9 Å². The molecule has 0 atom stereocenters. The number of aromatic nitrogens is 3. The van der Waals surface area contributed by atoms with Crippen molar-refractivity contribution in [1.29, 1.82) is 0 Å². The van der Waals surface area contributed by atoms with Crippen LogP contribution in [-0.4, -0.2) is 32.1 Å². The zero-order valence-corrected chi connectivity index (χ0v) is 10.1. The summed E-state index contributed by atoms with van der Waals surface area (Å²) in [5, 5.41) is 13.0. The van der Waals surface area contributed by atoms with E-state index in [1.165, 1.54) is 23.0 Å². The van der Waals surface area contributed by atoms with E-state index in [4.69, 9.17) is 5.11 Å². The van der Waals surface area contributed by atoms with Gasteiger partial charge in [0.2, 0.25) is 0 Å². The van der Waals surface area contributed by atoms with Crippen LogP contribution >= 0.6 is 0 Å². The smallest absolute Gasteiger partial charge is 0.331 e. The molecule has 1 aliphatic carbocycles. The SMILES string of the molecule is O=C(O)C1=CC(c2cnc3cccnn23)=C(C(F)F)C1. The number of carboxylic acids is 1. The highest BCUT2D eigenvalue weighted by Crippen LogP contribution is 2.36. The van der Waals surface area contributed by atoms with E-state index in [2.05, 4.69) is 10.1 Å². The van der Waals surface area contributed by atoms with Crippen LogP contribution < -0.4 is 0 Å². The van der Waals surface area contributed by atoms with Crippen molar-refractivity contribution in [3.05, 3.63) is 47.4 Å². The highest BCUT2D eigenvalue weighted by Gasteiger charge is 2.28. The number of hydrogen-bond donors (Lipinski definition) is 1. The first-order valence-corrected chi connectivity index (χ1v) is 5.82. The summed E-state index contributed by atoms with van der Waals surface area (Å²) in [7, 11) is 0. The van der Waals surface area contributed by atoms with Gasteiger partial charge in [0.25, 0.3) is 6.43 Å². The lowest BCUT2D eigenvalue weighted by Crippen LogP contribution is -2.02. The summed E-state index contributed by atoms with van der Waals surface area (Å²) in [6, 6.07) is 3.37. The summed E-state index contributed by atoms with van der Waals surface area (Å²) >= 11 is 0. The molecule has 102 valence electrons. The van der Waals surface area contributed by atoms with Gasteiger partial charge in [0, 0.05) is 29.3 Å². The molecule has 0 saturated carbocycles. The fraction of sp³-hybridized carbons (Fsp3) is 0.154. The minimum absolute atomic E-state index is 0.0545. The average molecular weight is 277 g/mol. The molecule has 0 spiro atoms. The highest BCUT2D eigenvalue weighted by molar-refractivity contribution is 5.95. The molecular formula is C13H9F2N3O2. The molecule has 1 N–H and O–H groups in total. The first-order valence-electron chi connectivity index (χ1n) is 5.82. The fourth-order valence-corrected chi connectivity index (χ4v) is 2.20. The number of alkyl halides is 2. The second kappa shape index (κ2) is 4.52. The molecule has 0 unspecified atom stereocenters. The summed E-state index contributed by atoms with van der Waals surface area (Å²) < 4.78 is 27.6. The molecule has 0 saturated heterocycles. The van der Waals surface area contributed by atoms with E-state index in [9.17, 15) is 13.6 Å². The second-order valence-corrected chi connectivity index (χ2v) is 4.33. The Morgan fingerprint density at radius 1 is 1.45 bits per heavy atom. The lowest BCUT2D eigenvalue weighted by atomic mass is 10.1. The van der Waals surface area contributed by atoms with Gasteiger partial charge in [-0.25, -0.2) is 23.1 Å². The molecule has 2 aromatic rings. The average Bonchev–Trinajstić information content (AvgIpc) is 3.02. The van der Waals surface area contributed by atoms with Crippen molar-refractivity contribution in [2.75, 3.05) is 0 Å². The van der Waals surface area contributed by atoms with Crippen LogP contribution in [0.2, 0.25) is 0 Å². The van der Waals surface area contributed by atoms with E-state index in [-0.39, 0.29) is 23.1 Å². The molecule has 0 bridgehead atoms. The van der Waals surface area contributed by atoms with Crippen molar-refractivity contribution < 1.29 is 18.7 Å². The standard InChI is InChI=1S/C13H9F2N3O2/c14-12(15)9-5-7(13(19)20)4-8(9)10-6-16-11-2-1-3-17-18(10)11/h1-4,6,12H,5H2,(H,19,20). The number of halogens is 2. The third-order valence-electron chi connectivity index (χ3n) is 3.14. The van der Waals surface area contributed by atoms with E-state index in [0.717, 1.165) is 0 Å². The molecule has 1 aliphatic rings. The molecule has 3 rings (SSSR count). The number of nitrogens with zero attached hydrogens (tertiary/aromatic N) is 3. The normalized spacial score (nSPS) is 15.2. The van der Waals surface area contributed by atoms with Crippen molar-refractivity contribution in [1.82, 2.24) is 14.6 Å². The Morgan fingerprint density at radius 3 is 2.95 bits per heavy atom. The highest BCUT2D eigenvalue weighted by atomic mass is 19.3. The molecule has 0 fully saturated rings. The summed E-state index contributed by atoms with van der Waals surface area (Å²) in [6.45, 7) is 0. The quantitative estimate of drug-likeness (QED) is 0.933. The van der Waals surface area contributed by atoms with Crippen LogP contribution in [0.4, 0.5) is 8.78 Å². The molecule has 5 nitrogen and oxygen atoms in total. The Balaban J connectivity index is 2.18. The molecule has 20 heavy (non-hydrogen) atoms. The van der Waals surface area contributed by atoms with Gasteiger partial charge in [-0.05, 0) is 18.2 Å². The summed E-state index contributed by atoms with van der Waals surface area (Å²) in [4.78, 5) is 15.0. The molecule has 0 radical (unpaired) electrons. The van der Waals surface area contributed by atoms with Crippen LogP contribution in [0.25, 0.3) is 11.2 Å². The van der Waals surface area contributed by atoms with Crippen molar-refractivity contribution in [3.63, 3.8) is 0 Å². The van der Waals surface area contributed by atoms with Crippen molar-refractivity contribution >= 4 is 17.2 Å². The molecule has 2 aromatic heterocycles. The number of rotatable bonds is 3. The van der Waals surface area contributed by atoms with Gasteiger partial charge >= 0.3 is 5.97 Å². The van der Waals surface area contributed by atoms with Crippen molar-refractivity contribution in [2.45, 2.75) is 12.8 Å². The Morgan fingerprint density at radius 2 is 2.25 bits per heavy atom. The number of fused-ring (bicyclic) bond motifs is 1. The first kappa shape index (κ1) is 12.5. The van der Waals surface area contributed by atoms with Gasteiger partial charge in [-0.15, -0.1) is 0 Å². The molecular weight excluding hydrogens is 268 g/mol. The maximum Gasteiger partial charge on any atom is 0.331 e. The van der Waals surface area contributed by atoms with Gasteiger partial charge in [-0.1, -0.05) is 0 Å². The van der Waals surface area contributed by atoms with Crippen LogP contribution in [0, 0.1) is 0 Å². The lowest BCUT2D eigenvalue weighted by molar-refractivity contribution is -0.132. The number of carbonyl (C=O) groups is 1. The molecule has 0 amide bonds. The summed E-state index contributed by atoms with van der Waals surface area (Å²) in [5.74, 6) is -1.19. The third-order valence-corrected chi connectivity index (χ3v) is 3.14. The van der Waals surface area contributed by atoms with Crippen molar-refractivity contribution in [2.24, 2.45) is 0 Å². The molecule has 0 aromatic carbocycles.